The number of anilines is 1. The van der Waals surface area contributed by atoms with Gasteiger partial charge in [-0.1, -0.05) is 18.2 Å². The quantitative estimate of drug-likeness (QED) is 0.368. The minimum absolute atomic E-state index is 0.402. The third-order valence-electron chi connectivity index (χ3n) is 5.45. The normalized spacial score (nSPS) is 14.4. The van der Waals surface area contributed by atoms with E-state index in [4.69, 9.17) is 0 Å². The van der Waals surface area contributed by atoms with Crippen LogP contribution in [0, 0.1) is 0 Å². The predicted molar refractivity (Wildman–Crippen MR) is 118 cm³/mol. The van der Waals surface area contributed by atoms with E-state index in [1.807, 2.05) is 6.21 Å². The molecule has 142 valence electrons. The van der Waals surface area contributed by atoms with E-state index in [2.05, 4.69) is 69.4 Å². The van der Waals surface area contributed by atoms with Gasteiger partial charge in [-0.3, -0.25) is 5.43 Å². The number of benzene rings is 1. The molecule has 0 spiro atoms. The average molecular weight is 390 g/mol. The van der Waals surface area contributed by atoms with Crippen molar-refractivity contribution in [2.75, 3.05) is 5.43 Å². The molecule has 5 rings (SSSR count). The van der Waals surface area contributed by atoms with E-state index in [0.717, 1.165) is 34.4 Å². The van der Waals surface area contributed by atoms with Gasteiger partial charge < -0.3 is 4.57 Å². The van der Waals surface area contributed by atoms with Crippen molar-refractivity contribution in [3.63, 3.8) is 0 Å². The van der Waals surface area contributed by atoms with Gasteiger partial charge in [-0.2, -0.15) is 5.10 Å². The number of hydrogen-bond acceptors (Lipinski definition) is 5. The molecular formula is C22H23N5S. The molecule has 6 heteroatoms. The monoisotopic (exact) mass is 389 g/mol. The van der Waals surface area contributed by atoms with Gasteiger partial charge in [-0.05, 0) is 51.2 Å². The lowest BCUT2D eigenvalue weighted by atomic mass is 9.97. The summed E-state index contributed by atoms with van der Waals surface area (Å²) in [6.07, 6.45) is 10.5. The summed E-state index contributed by atoms with van der Waals surface area (Å²) < 4.78 is 2.29. The summed E-state index contributed by atoms with van der Waals surface area (Å²) in [5, 5.41) is 6.91. The number of para-hydroxylation sites is 1. The first-order chi connectivity index (χ1) is 13.7. The Labute approximate surface area is 168 Å². The highest BCUT2D eigenvalue weighted by Crippen LogP contribution is 2.38. The van der Waals surface area contributed by atoms with E-state index < -0.39 is 0 Å². The zero-order chi connectivity index (χ0) is 19.1. The number of rotatable bonds is 4. The molecule has 0 amide bonds. The SMILES string of the molecule is CC(C)n1cc(/C=N\Nc2ncnc3sc4c(c23)CCCC4)c2ccccc21. The Kier molecular flexibility index (Phi) is 4.36. The molecule has 1 N–H and O–H groups in total. The van der Waals surface area contributed by atoms with Crippen molar-refractivity contribution in [1.82, 2.24) is 14.5 Å². The van der Waals surface area contributed by atoms with Crippen molar-refractivity contribution in [3.8, 4) is 0 Å². The van der Waals surface area contributed by atoms with Gasteiger partial charge in [0.2, 0.25) is 0 Å². The maximum atomic E-state index is 4.54. The number of nitrogens with zero attached hydrogens (tertiary/aromatic N) is 4. The standard InChI is InChI=1S/C22H23N5S/c1-14(2)27-12-15(16-7-3-5-9-18(16)27)11-25-26-21-20-17-8-4-6-10-19(17)28-22(20)24-13-23-21/h3,5,7,9,11-14H,4,6,8,10H2,1-2H3,(H,23,24,26)/b25-11-. The Bertz CT molecular complexity index is 1180. The fourth-order valence-corrected chi connectivity index (χ4v) is 5.33. The number of aryl methyl sites for hydroxylation is 2. The number of nitrogens with one attached hydrogen (secondary N) is 1. The molecule has 1 aliphatic carbocycles. The van der Waals surface area contributed by atoms with Crippen LogP contribution in [-0.4, -0.2) is 20.7 Å². The maximum absolute atomic E-state index is 4.54. The smallest absolute Gasteiger partial charge is 0.158 e. The lowest BCUT2D eigenvalue weighted by Crippen LogP contribution is -2.01. The van der Waals surface area contributed by atoms with E-state index in [1.165, 1.54) is 34.2 Å². The first kappa shape index (κ1) is 17.4. The molecule has 1 aliphatic rings. The zero-order valence-electron chi connectivity index (χ0n) is 16.1. The zero-order valence-corrected chi connectivity index (χ0v) is 17.0. The van der Waals surface area contributed by atoms with Crippen LogP contribution in [0.4, 0.5) is 5.82 Å². The van der Waals surface area contributed by atoms with Gasteiger partial charge in [0.1, 0.15) is 11.2 Å². The Hall–Kier alpha value is -2.73. The van der Waals surface area contributed by atoms with E-state index in [9.17, 15) is 0 Å². The third-order valence-corrected chi connectivity index (χ3v) is 6.65. The van der Waals surface area contributed by atoms with Crippen LogP contribution in [0.25, 0.3) is 21.1 Å². The van der Waals surface area contributed by atoms with Crippen LogP contribution in [0.15, 0.2) is 41.9 Å². The van der Waals surface area contributed by atoms with Crippen molar-refractivity contribution in [1.29, 1.82) is 0 Å². The second-order valence-corrected chi connectivity index (χ2v) is 8.67. The highest BCUT2D eigenvalue weighted by atomic mass is 32.1. The van der Waals surface area contributed by atoms with Gasteiger partial charge >= 0.3 is 0 Å². The molecule has 3 aromatic heterocycles. The van der Waals surface area contributed by atoms with E-state index in [0.29, 0.717) is 6.04 Å². The number of hydrogen-bond donors (Lipinski definition) is 1. The van der Waals surface area contributed by atoms with E-state index in [-0.39, 0.29) is 0 Å². The molecule has 0 atom stereocenters. The summed E-state index contributed by atoms with van der Waals surface area (Å²) in [4.78, 5) is 11.5. The van der Waals surface area contributed by atoms with Gasteiger partial charge in [0.25, 0.3) is 0 Å². The van der Waals surface area contributed by atoms with Crippen LogP contribution < -0.4 is 5.43 Å². The lowest BCUT2D eigenvalue weighted by molar-refractivity contribution is 0.623. The Morgan fingerprint density at radius 1 is 1.18 bits per heavy atom. The molecule has 0 unspecified atom stereocenters. The van der Waals surface area contributed by atoms with Crippen LogP contribution in [0.5, 0.6) is 0 Å². The summed E-state index contributed by atoms with van der Waals surface area (Å²) in [6.45, 7) is 4.39. The molecule has 0 saturated heterocycles. The third kappa shape index (κ3) is 2.88. The minimum Gasteiger partial charge on any atom is -0.344 e. The summed E-state index contributed by atoms with van der Waals surface area (Å²) >= 11 is 1.81. The summed E-state index contributed by atoms with van der Waals surface area (Å²) in [5.41, 5.74) is 6.95. The molecule has 4 aromatic rings. The molecule has 0 radical (unpaired) electrons. The Morgan fingerprint density at radius 2 is 2.04 bits per heavy atom. The summed E-state index contributed by atoms with van der Waals surface area (Å²) in [6, 6.07) is 8.86. The topological polar surface area (TPSA) is 55.1 Å². The molecule has 0 aliphatic heterocycles. The van der Waals surface area contributed by atoms with Crippen LogP contribution >= 0.6 is 11.3 Å². The van der Waals surface area contributed by atoms with Crippen molar-refractivity contribution in [3.05, 3.63) is 52.8 Å². The molecule has 0 saturated carbocycles. The molecular weight excluding hydrogens is 366 g/mol. The van der Waals surface area contributed by atoms with Crippen molar-refractivity contribution in [2.45, 2.75) is 45.6 Å². The van der Waals surface area contributed by atoms with Crippen LogP contribution in [0.1, 0.15) is 48.7 Å². The van der Waals surface area contributed by atoms with Gasteiger partial charge in [-0.25, -0.2) is 9.97 Å². The highest BCUT2D eigenvalue weighted by molar-refractivity contribution is 7.19. The first-order valence-corrected chi connectivity index (χ1v) is 10.7. The molecule has 0 fully saturated rings. The minimum atomic E-state index is 0.402. The highest BCUT2D eigenvalue weighted by Gasteiger charge is 2.19. The maximum Gasteiger partial charge on any atom is 0.158 e. The Balaban J connectivity index is 1.50. The predicted octanol–water partition coefficient (Wildman–Crippen LogP) is 5.55. The van der Waals surface area contributed by atoms with Gasteiger partial charge in [0.05, 0.1) is 11.6 Å². The lowest BCUT2D eigenvalue weighted by Gasteiger charge is -2.11. The molecule has 28 heavy (non-hydrogen) atoms. The average Bonchev–Trinajstić information content (AvgIpc) is 3.27. The van der Waals surface area contributed by atoms with Gasteiger partial charge in [0.15, 0.2) is 5.82 Å². The van der Waals surface area contributed by atoms with Crippen molar-refractivity contribution < 1.29 is 0 Å². The van der Waals surface area contributed by atoms with Crippen LogP contribution in [-0.2, 0) is 12.8 Å². The molecule has 5 nitrogen and oxygen atoms in total. The van der Waals surface area contributed by atoms with E-state index >= 15 is 0 Å². The molecule has 0 bridgehead atoms. The summed E-state index contributed by atoms with van der Waals surface area (Å²) in [7, 11) is 0. The molecule has 1 aromatic carbocycles. The Morgan fingerprint density at radius 3 is 2.93 bits per heavy atom. The second kappa shape index (κ2) is 7.02. The number of fused-ring (bicyclic) bond motifs is 4. The van der Waals surface area contributed by atoms with Crippen molar-refractivity contribution in [2.24, 2.45) is 5.10 Å². The number of thiophene rings is 1. The van der Waals surface area contributed by atoms with Gasteiger partial charge in [-0.15, -0.1) is 11.3 Å². The van der Waals surface area contributed by atoms with Crippen LogP contribution in [0.2, 0.25) is 0 Å². The first-order valence-electron chi connectivity index (χ1n) is 9.86. The molecule has 3 heterocycles. The largest absolute Gasteiger partial charge is 0.344 e. The van der Waals surface area contributed by atoms with Crippen molar-refractivity contribution >= 4 is 44.5 Å². The number of aromatic nitrogens is 3. The van der Waals surface area contributed by atoms with Gasteiger partial charge in [0, 0.05) is 33.6 Å². The second-order valence-electron chi connectivity index (χ2n) is 7.59. The van der Waals surface area contributed by atoms with Crippen LogP contribution in [0.3, 0.4) is 0 Å². The fraction of sp³-hybridized carbons (Fsp3) is 0.318. The number of hydrazone groups is 1. The van der Waals surface area contributed by atoms with E-state index in [1.54, 1.807) is 17.7 Å². The fourth-order valence-electron chi connectivity index (χ4n) is 4.10. The summed E-state index contributed by atoms with van der Waals surface area (Å²) in [5.74, 6) is 0.813.